The van der Waals surface area contributed by atoms with Gasteiger partial charge in [0.2, 0.25) is 0 Å². The predicted molar refractivity (Wildman–Crippen MR) is 67.3 cm³/mol. The van der Waals surface area contributed by atoms with Gasteiger partial charge in [0.25, 0.3) is 0 Å². The van der Waals surface area contributed by atoms with Crippen LogP contribution in [0.3, 0.4) is 0 Å². The highest BCUT2D eigenvalue weighted by Gasteiger charge is 2.22. The van der Waals surface area contributed by atoms with Crippen LogP contribution in [0.15, 0.2) is 12.3 Å². The second-order valence-electron chi connectivity index (χ2n) is 4.35. The molecular formula is C12H16F2N2S. The Morgan fingerprint density at radius 3 is 2.94 bits per heavy atom. The van der Waals surface area contributed by atoms with Crippen molar-refractivity contribution in [1.29, 1.82) is 0 Å². The second-order valence-corrected chi connectivity index (χ2v) is 5.49. The van der Waals surface area contributed by atoms with Crippen molar-refractivity contribution < 1.29 is 8.78 Å². The first kappa shape index (κ1) is 12.6. The fourth-order valence-electron chi connectivity index (χ4n) is 2.20. The largest absolute Gasteiger partial charge is 0.365 e. The quantitative estimate of drug-likeness (QED) is 0.899. The Hall–Kier alpha value is -0.840. The van der Waals surface area contributed by atoms with Gasteiger partial charge in [-0.05, 0) is 25.5 Å². The van der Waals surface area contributed by atoms with Gasteiger partial charge in [-0.15, -0.1) is 0 Å². The molecule has 0 saturated heterocycles. The van der Waals surface area contributed by atoms with E-state index in [0.29, 0.717) is 5.25 Å². The van der Waals surface area contributed by atoms with E-state index in [1.165, 1.54) is 6.42 Å². The maximum atomic E-state index is 13.4. The molecule has 2 nitrogen and oxygen atoms in total. The van der Waals surface area contributed by atoms with Crippen LogP contribution < -0.4 is 5.32 Å². The van der Waals surface area contributed by atoms with Gasteiger partial charge in [0, 0.05) is 17.4 Å². The molecule has 1 N–H and O–H groups in total. The van der Waals surface area contributed by atoms with Gasteiger partial charge in [0.15, 0.2) is 11.6 Å². The number of nitrogens with zero attached hydrogens (tertiary/aromatic N) is 1. The normalized spacial score (nSPS) is 24.6. The van der Waals surface area contributed by atoms with Crippen LogP contribution in [0.5, 0.6) is 0 Å². The number of hydrogen-bond acceptors (Lipinski definition) is 3. The Morgan fingerprint density at radius 1 is 1.41 bits per heavy atom. The highest BCUT2D eigenvalue weighted by Crippen LogP contribution is 2.28. The first-order chi connectivity index (χ1) is 8.19. The molecule has 0 radical (unpaired) electrons. The Bertz CT molecular complexity index is 387. The fraction of sp³-hybridized carbons (Fsp3) is 0.583. The van der Waals surface area contributed by atoms with Crippen molar-refractivity contribution in [3.8, 4) is 0 Å². The van der Waals surface area contributed by atoms with Crippen LogP contribution in [0.25, 0.3) is 0 Å². The lowest BCUT2D eigenvalue weighted by Gasteiger charge is -2.29. The zero-order chi connectivity index (χ0) is 12.3. The van der Waals surface area contributed by atoms with E-state index in [-0.39, 0.29) is 11.9 Å². The smallest absolute Gasteiger partial charge is 0.168 e. The van der Waals surface area contributed by atoms with Gasteiger partial charge in [0.1, 0.15) is 5.82 Å². The summed E-state index contributed by atoms with van der Waals surface area (Å²) in [4.78, 5) is 3.75. The summed E-state index contributed by atoms with van der Waals surface area (Å²) < 4.78 is 26.1. The number of hydrogen-bond donors (Lipinski definition) is 1. The van der Waals surface area contributed by atoms with E-state index in [1.54, 1.807) is 0 Å². The van der Waals surface area contributed by atoms with Crippen LogP contribution in [0.1, 0.15) is 25.7 Å². The number of thioether (sulfide) groups is 1. The van der Waals surface area contributed by atoms with Crippen molar-refractivity contribution in [3.63, 3.8) is 0 Å². The maximum absolute atomic E-state index is 13.4. The van der Waals surface area contributed by atoms with Crippen LogP contribution in [0.2, 0.25) is 0 Å². The maximum Gasteiger partial charge on any atom is 0.168 e. The van der Waals surface area contributed by atoms with Gasteiger partial charge in [-0.25, -0.2) is 13.8 Å². The first-order valence-electron chi connectivity index (χ1n) is 5.79. The van der Waals surface area contributed by atoms with E-state index in [4.69, 9.17) is 0 Å². The highest BCUT2D eigenvalue weighted by molar-refractivity contribution is 7.99. The molecule has 0 amide bonds. The molecule has 5 heteroatoms. The lowest BCUT2D eigenvalue weighted by atomic mass is 9.95. The van der Waals surface area contributed by atoms with E-state index in [2.05, 4.69) is 16.6 Å². The molecule has 1 aromatic heterocycles. The summed E-state index contributed by atoms with van der Waals surface area (Å²) in [5.41, 5.74) is 0. The third kappa shape index (κ3) is 3.31. The Balaban J connectivity index is 2.00. The van der Waals surface area contributed by atoms with E-state index in [9.17, 15) is 8.78 Å². The summed E-state index contributed by atoms with van der Waals surface area (Å²) in [7, 11) is 0. The Labute approximate surface area is 104 Å². The van der Waals surface area contributed by atoms with E-state index >= 15 is 0 Å². The average molecular weight is 258 g/mol. The minimum Gasteiger partial charge on any atom is -0.365 e. The molecule has 2 atom stereocenters. The van der Waals surface area contributed by atoms with E-state index < -0.39 is 11.6 Å². The van der Waals surface area contributed by atoms with Gasteiger partial charge in [-0.2, -0.15) is 11.8 Å². The minimum atomic E-state index is -0.640. The molecule has 17 heavy (non-hydrogen) atoms. The number of halogens is 2. The topological polar surface area (TPSA) is 24.9 Å². The number of anilines is 1. The summed E-state index contributed by atoms with van der Waals surface area (Å²) >= 11 is 1.85. The van der Waals surface area contributed by atoms with Crippen LogP contribution in [0, 0.1) is 11.6 Å². The van der Waals surface area contributed by atoms with Crippen molar-refractivity contribution in [2.45, 2.75) is 37.0 Å². The van der Waals surface area contributed by atoms with Gasteiger partial charge in [-0.1, -0.05) is 6.42 Å². The molecule has 94 valence electrons. The molecule has 1 aliphatic carbocycles. The van der Waals surface area contributed by atoms with Gasteiger partial charge in [-0.3, -0.25) is 0 Å². The predicted octanol–water partition coefficient (Wildman–Crippen LogP) is 3.45. The SMILES string of the molecule is CSC1CCCC(Nc2ncc(F)cc2F)C1. The minimum absolute atomic E-state index is 0.165. The van der Waals surface area contributed by atoms with Gasteiger partial charge >= 0.3 is 0 Å². The summed E-state index contributed by atoms with van der Waals surface area (Å²) in [6, 6.07) is 1.11. The second kappa shape index (κ2) is 5.67. The van der Waals surface area contributed by atoms with E-state index in [1.807, 2.05) is 11.8 Å². The number of rotatable bonds is 3. The van der Waals surface area contributed by atoms with Crippen molar-refractivity contribution in [1.82, 2.24) is 4.98 Å². The van der Waals surface area contributed by atoms with Crippen LogP contribution in [-0.2, 0) is 0 Å². The number of nitrogens with one attached hydrogen (secondary N) is 1. The third-order valence-electron chi connectivity index (χ3n) is 3.11. The van der Waals surface area contributed by atoms with Crippen LogP contribution >= 0.6 is 11.8 Å². The van der Waals surface area contributed by atoms with Crippen LogP contribution in [0.4, 0.5) is 14.6 Å². The first-order valence-corrected chi connectivity index (χ1v) is 7.08. The van der Waals surface area contributed by atoms with Gasteiger partial charge in [0.05, 0.1) is 6.20 Å². The summed E-state index contributed by atoms with van der Waals surface area (Å²) in [5.74, 6) is -1.09. The zero-order valence-corrected chi connectivity index (χ0v) is 10.6. The molecule has 1 saturated carbocycles. The summed E-state index contributed by atoms with van der Waals surface area (Å²) in [6.45, 7) is 0. The molecule has 1 fully saturated rings. The molecule has 2 unspecified atom stereocenters. The molecule has 0 bridgehead atoms. The van der Waals surface area contributed by atoms with Gasteiger partial charge < -0.3 is 5.32 Å². The standard InChI is InChI=1S/C12H16F2N2S/c1-17-10-4-2-3-9(6-10)16-12-11(14)5-8(13)7-15-12/h5,7,9-10H,2-4,6H2,1H3,(H,15,16). The lowest BCUT2D eigenvalue weighted by molar-refractivity contribution is 0.469. The molecule has 0 aromatic carbocycles. The summed E-state index contributed by atoms with van der Waals surface area (Å²) in [6.07, 6.45) is 7.55. The van der Waals surface area contributed by atoms with Crippen LogP contribution in [-0.4, -0.2) is 22.5 Å². The number of pyridine rings is 1. The highest BCUT2D eigenvalue weighted by atomic mass is 32.2. The Morgan fingerprint density at radius 2 is 2.24 bits per heavy atom. The molecule has 1 aromatic rings. The monoisotopic (exact) mass is 258 g/mol. The van der Waals surface area contributed by atoms with Crippen molar-refractivity contribution >= 4 is 17.6 Å². The molecule has 1 aliphatic rings. The molecule has 0 aliphatic heterocycles. The molecular weight excluding hydrogens is 242 g/mol. The number of aromatic nitrogens is 1. The third-order valence-corrected chi connectivity index (χ3v) is 4.20. The fourth-order valence-corrected chi connectivity index (χ4v) is 3.03. The van der Waals surface area contributed by atoms with E-state index in [0.717, 1.165) is 31.5 Å². The average Bonchev–Trinajstić information content (AvgIpc) is 2.33. The Kier molecular flexibility index (Phi) is 4.20. The molecule has 1 heterocycles. The lowest BCUT2D eigenvalue weighted by Crippen LogP contribution is -2.29. The molecule has 0 spiro atoms. The van der Waals surface area contributed by atoms with Crippen molar-refractivity contribution in [3.05, 3.63) is 23.9 Å². The zero-order valence-electron chi connectivity index (χ0n) is 9.75. The van der Waals surface area contributed by atoms with Crippen molar-refractivity contribution in [2.24, 2.45) is 0 Å². The summed E-state index contributed by atoms with van der Waals surface area (Å²) in [5, 5.41) is 3.70. The molecule has 2 rings (SSSR count). The van der Waals surface area contributed by atoms with Crippen molar-refractivity contribution in [2.75, 3.05) is 11.6 Å².